The van der Waals surface area contributed by atoms with Gasteiger partial charge in [0.2, 0.25) is 11.7 Å². The zero-order chi connectivity index (χ0) is 17.6. The van der Waals surface area contributed by atoms with Crippen LogP contribution in [0.5, 0.6) is 0 Å². The van der Waals surface area contributed by atoms with Crippen LogP contribution < -0.4 is 5.32 Å². The highest BCUT2D eigenvalue weighted by Gasteiger charge is 2.18. The Morgan fingerprint density at radius 2 is 2.08 bits per heavy atom. The average molecular weight is 339 g/mol. The van der Waals surface area contributed by atoms with Gasteiger partial charge >= 0.3 is 0 Å². The van der Waals surface area contributed by atoms with E-state index in [1.807, 2.05) is 49.8 Å². The van der Waals surface area contributed by atoms with E-state index in [4.69, 9.17) is 0 Å². The van der Waals surface area contributed by atoms with Crippen molar-refractivity contribution < 1.29 is 4.79 Å². The molecule has 0 saturated carbocycles. The zero-order valence-electron chi connectivity index (χ0n) is 14.3. The minimum Gasteiger partial charge on any atom is -0.354 e. The Labute approximate surface area is 145 Å². The third kappa shape index (κ3) is 4.28. The normalized spacial score (nSPS) is 12.1. The van der Waals surface area contributed by atoms with E-state index in [1.165, 1.54) is 4.80 Å². The molecule has 0 aliphatic heterocycles. The van der Waals surface area contributed by atoms with Gasteiger partial charge in [0.25, 0.3) is 0 Å². The fourth-order valence-corrected chi connectivity index (χ4v) is 2.45. The van der Waals surface area contributed by atoms with Crippen molar-refractivity contribution in [3.8, 4) is 11.4 Å². The second-order valence-electron chi connectivity index (χ2n) is 5.89. The number of hydrogen-bond acceptors (Lipinski definition) is 5. The summed E-state index contributed by atoms with van der Waals surface area (Å²) in [7, 11) is 1.89. The van der Waals surface area contributed by atoms with Crippen molar-refractivity contribution in [3.63, 3.8) is 0 Å². The summed E-state index contributed by atoms with van der Waals surface area (Å²) in [5.41, 5.74) is 2.04. The molecule has 1 aromatic carbocycles. The summed E-state index contributed by atoms with van der Waals surface area (Å²) < 4.78 is 1.77. The van der Waals surface area contributed by atoms with Crippen LogP contribution >= 0.6 is 0 Å². The highest BCUT2D eigenvalue weighted by Crippen LogP contribution is 2.13. The van der Waals surface area contributed by atoms with E-state index < -0.39 is 6.04 Å². The topological polar surface area (TPSA) is 90.5 Å². The fourth-order valence-electron chi connectivity index (χ4n) is 2.45. The summed E-state index contributed by atoms with van der Waals surface area (Å²) in [5.74, 6) is 0.389. The van der Waals surface area contributed by atoms with Crippen LogP contribution in [0.25, 0.3) is 11.4 Å². The maximum Gasteiger partial charge on any atom is 0.246 e. The molecule has 0 radical (unpaired) electrons. The van der Waals surface area contributed by atoms with Crippen molar-refractivity contribution in [1.82, 2.24) is 35.3 Å². The van der Waals surface area contributed by atoms with Gasteiger partial charge in [-0.2, -0.15) is 9.90 Å². The number of tetrazole rings is 1. The second-order valence-corrected chi connectivity index (χ2v) is 5.89. The van der Waals surface area contributed by atoms with E-state index in [0.717, 1.165) is 24.0 Å². The number of amides is 1. The van der Waals surface area contributed by atoms with Gasteiger partial charge in [0.15, 0.2) is 0 Å². The molecule has 8 nitrogen and oxygen atoms in total. The molecule has 130 valence electrons. The molecule has 2 heterocycles. The lowest BCUT2D eigenvalue weighted by atomic mass is 10.2. The monoisotopic (exact) mass is 339 g/mol. The molecule has 0 aliphatic rings. The Kier molecular flexibility index (Phi) is 5.17. The molecule has 25 heavy (non-hydrogen) atoms. The molecule has 0 fully saturated rings. The SMILES string of the molecule is C[C@H](C(=O)NCCCc1cnn(C)c1)n1nnc(-c2ccccc2)n1. The number of nitrogens with one attached hydrogen (secondary N) is 1. The number of benzene rings is 1. The van der Waals surface area contributed by atoms with Crippen LogP contribution in [0.3, 0.4) is 0 Å². The smallest absolute Gasteiger partial charge is 0.246 e. The van der Waals surface area contributed by atoms with E-state index in [-0.39, 0.29) is 5.91 Å². The van der Waals surface area contributed by atoms with Crippen LogP contribution in [-0.4, -0.2) is 42.4 Å². The maximum absolute atomic E-state index is 12.2. The standard InChI is InChI=1S/C17H21N7O/c1-13(17(25)18-10-6-7-14-11-19-23(2)12-14)24-21-16(20-22-24)15-8-4-3-5-9-15/h3-5,8-9,11-13H,6-7,10H2,1-2H3,(H,18,25)/t13-/m1/s1. The molecule has 0 bridgehead atoms. The van der Waals surface area contributed by atoms with Gasteiger partial charge in [0.05, 0.1) is 6.20 Å². The van der Waals surface area contributed by atoms with Crippen LogP contribution in [-0.2, 0) is 18.3 Å². The van der Waals surface area contributed by atoms with E-state index in [2.05, 4.69) is 25.8 Å². The molecule has 1 N–H and O–H groups in total. The Balaban J connectivity index is 1.49. The quantitative estimate of drug-likeness (QED) is 0.657. The van der Waals surface area contributed by atoms with Crippen molar-refractivity contribution in [3.05, 3.63) is 48.3 Å². The summed E-state index contributed by atoms with van der Waals surface area (Å²) in [6, 6.07) is 9.05. The largest absolute Gasteiger partial charge is 0.354 e. The van der Waals surface area contributed by atoms with Gasteiger partial charge in [-0.1, -0.05) is 30.3 Å². The van der Waals surface area contributed by atoms with Gasteiger partial charge in [0, 0.05) is 25.4 Å². The molecular weight excluding hydrogens is 318 g/mol. The van der Waals surface area contributed by atoms with Crippen molar-refractivity contribution in [2.24, 2.45) is 7.05 Å². The molecule has 0 aliphatic carbocycles. The lowest BCUT2D eigenvalue weighted by molar-refractivity contribution is -0.124. The first-order chi connectivity index (χ1) is 12.1. The molecule has 8 heteroatoms. The van der Waals surface area contributed by atoms with Gasteiger partial charge < -0.3 is 5.32 Å². The lowest BCUT2D eigenvalue weighted by Crippen LogP contribution is -2.32. The lowest BCUT2D eigenvalue weighted by Gasteiger charge is -2.10. The zero-order valence-corrected chi connectivity index (χ0v) is 14.3. The predicted octanol–water partition coefficient (Wildman–Crippen LogP) is 1.38. The summed E-state index contributed by atoms with van der Waals surface area (Å²) in [6.45, 7) is 2.35. The summed E-state index contributed by atoms with van der Waals surface area (Å²) >= 11 is 0. The molecule has 0 spiro atoms. The molecule has 3 rings (SSSR count). The number of hydrogen-bond donors (Lipinski definition) is 1. The number of rotatable bonds is 7. The van der Waals surface area contributed by atoms with E-state index in [9.17, 15) is 4.79 Å². The van der Waals surface area contributed by atoms with Crippen molar-refractivity contribution in [1.29, 1.82) is 0 Å². The van der Waals surface area contributed by atoms with E-state index >= 15 is 0 Å². The molecule has 2 aromatic heterocycles. The first kappa shape index (κ1) is 16.8. The fraction of sp³-hybridized carbons (Fsp3) is 0.353. The summed E-state index contributed by atoms with van der Waals surface area (Å²) in [5, 5.41) is 19.4. The van der Waals surface area contributed by atoms with E-state index in [0.29, 0.717) is 12.4 Å². The Bertz CT molecular complexity index is 824. The van der Waals surface area contributed by atoms with Crippen LogP contribution in [0.2, 0.25) is 0 Å². The van der Waals surface area contributed by atoms with E-state index in [1.54, 1.807) is 11.6 Å². The number of carbonyl (C=O) groups excluding carboxylic acids is 1. The average Bonchev–Trinajstić information content (AvgIpc) is 3.28. The maximum atomic E-state index is 12.2. The van der Waals surface area contributed by atoms with Crippen LogP contribution in [0.4, 0.5) is 0 Å². The highest BCUT2D eigenvalue weighted by molar-refractivity contribution is 5.79. The van der Waals surface area contributed by atoms with Gasteiger partial charge in [-0.15, -0.1) is 10.2 Å². The first-order valence-corrected chi connectivity index (χ1v) is 8.23. The number of aryl methyl sites for hydroxylation is 2. The molecule has 1 atom stereocenters. The summed E-state index contributed by atoms with van der Waals surface area (Å²) in [4.78, 5) is 13.6. The minimum atomic E-state index is -0.511. The van der Waals surface area contributed by atoms with Crippen molar-refractivity contribution >= 4 is 5.91 Å². The third-order valence-corrected chi connectivity index (χ3v) is 3.89. The second kappa shape index (κ2) is 7.69. The molecular formula is C17H21N7O. The van der Waals surface area contributed by atoms with Crippen molar-refractivity contribution in [2.45, 2.75) is 25.8 Å². The predicted molar refractivity (Wildman–Crippen MR) is 92.5 cm³/mol. The third-order valence-electron chi connectivity index (χ3n) is 3.89. The Morgan fingerprint density at radius 1 is 1.28 bits per heavy atom. The van der Waals surface area contributed by atoms with Gasteiger partial charge in [-0.3, -0.25) is 9.48 Å². The van der Waals surface area contributed by atoms with Gasteiger partial charge in [-0.05, 0) is 30.5 Å². The van der Waals surface area contributed by atoms with Gasteiger partial charge in [0.1, 0.15) is 6.04 Å². The van der Waals surface area contributed by atoms with Crippen LogP contribution in [0.15, 0.2) is 42.7 Å². The molecule has 0 saturated heterocycles. The Morgan fingerprint density at radius 3 is 2.80 bits per heavy atom. The minimum absolute atomic E-state index is 0.122. The van der Waals surface area contributed by atoms with Crippen LogP contribution in [0, 0.1) is 0 Å². The number of nitrogens with zero attached hydrogens (tertiary/aromatic N) is 6. The van der Waals surface area contributed by atoms with Crippen LogP contribution in [0.1, 0.15) is 24.9 Å². The highest BCUT2D eigenvalue weighted by atomic mass is 16.2. The Hall–Kier alpha value is -3.03. The first-order valence-electron chi connectivity index (χ1n) is 8.23. The number of aromatic nitrogens is 6. The molecule has 3 aromatic rings. The van der Waals surface area contributed by atoms with Gasteiger partial charge in [-0.25, -0.2) is 0 Å². The number of carbonyl (C=O) groups is 1. The summed E-state index contributed by atoms with van der Waals surface area (Å²) in [6.07, 6.45) is 5.55. The molecule has 0 unspecified atom stereocenters. The molecule has 1 amide bonds. The van der Waals surface area contributed by atoms with Crippen molar-refractivity contribution in [2.75, 3.05) is 6.54 Å².